The van der Waals surface area contributed by atoms with E-state index in [-0.39, 0.29) is 139 Å². The normalized spacial score (nSPS) is 24.4. The summed E-state index contributed by atoms with van der Waals surface area (Å²) in [7, 11) is 10.6. The zero-order valence-corrected chi connectivity index (χ0v) is 79.6. The molecule has 0 radical (unpaired) electrons. The van der Waals surface area contributed by atoms with Gasteiger partial charge in [-0.05, 0) is 134 Å². The number of amides is 2. The molecule has 692 valence electrons. The fourth-order valence-electron chi connectivity index (χ4n) is 18.9. The van der Waals surface area contributed by atoms with Crippen molar-refractivity contribution >= 4 is 137 Å². The van der Waals surface area contributed by atoms with Gasteiger partial charge in [0.2, 0.25) is 11.8 Å². The summed E-state index contributed by atoms with van der Waals surface area (Å²) in [6.45, 7) is 19.1. The zero-order chi connectivity index (χ0) is 92.2. The number of carbonyl (C=O) groups excluding carboxylic acids is 7. The molecule has 2 aliphatic heterocycles. The number of carboxylic acids is 1. The van der Waals surface area contributed by atoms with Crippen molar-refractivity contribution in [2.45, 2.75) is 168 Å². The average molecular weight is 1890 g/mol. The zero-order valence-electron chi connectivity index (χ0n) is 75.6. The Kier molecular flexibility index (Phi) is 29.9. The molecule has 6 aromatic heterocycles. The number of H-pyrrole nitrogens is 1. The Morgan fingerprint density at radius 2 is 0.931 bits per heavy atom. The molecular weight excluding hydrogens is 1780 g/mol. The molecule has 17 rings (SSSR count). The number of ketones is 2. The van der Waals surface area contributed by atoms with Crippen LogP contribution in [0.15, 0.2) is 107 Å². The van der Waals surface area contributed by atoms with E-state index >= 15 is 0 Å². The maximum Gasteiger partial charge on any atom is 1.00 e. The van der Waals surface area contributed by atoms with Crippen LogP contribution in [0.3, 0.4) is 0 Å². The molecule has 6 aliphatic carbocycles. The number of esters is 3. The first-order chi connectivity index (χ1) is 61.5. The Hall–Kier alpha value is -10.2. The minimum atomic E-state index is -1.26. The van der Waals surface area contributed by atoms with Gasteiger partial charge < -0.3 is 77.5 Å². The number of aromatic amines is 1. The van der Waals surface area contributed by atoms with Crippen molar-refractivity contribution in [1.82, 2.24) is 39.7 Å². The number of nitrogens with zero attached hydrogens (tertiary/aromatic N) is 7. The first-order valence-electron chi connectivity index (χ1n) is 43.1. The minimum Gasteiger partial charge on any atom is -0.870 e. The molecule has 3 aromatic carbocycles. The van der Waals surface area contributed by atoms with Crippen LogP contribution in [-0.4, -0.2) is 197 Å². The van der Waals surface area contributed by atoms with Crippen molar-refractivity contribution in [3.05, 3.63) is 122 Å². The third-order valence-electron chi connectivity index (χ3n) is 26.6. The topological polar surface area (TPSA) is 392 Å². The summed E-state index contributed by atoms with van der Waals surface area (Å²) >= 11 is 17.6. The van der Waals surface area contributed by atoms with Gasteiger partial charge in [-0.1, -0.05) is 111 Å². The molecule has 36 heteroatoms. The number of allylic oxidation sites excluding steroid dienone is 2. The van der Waals surface area contributed by atoms with Crippen molar-refractivity contribution in [3.63, 3.8) is 0 Å². The number of hydrogen-bond donors (Lipinski definition) is 2. The molecule has 0 bridgehead atoms. The molecule has 3 N–H and O–H groups in total. The number of methoxy groups -OCH3 is 7. The number of Topliss-reactive ketones (excluding diaryl/α,β-unsaturated/α-hetero) is 2. The van der Waals surface area contributed by atoms with Crippen molar-refractivity contribution in [3.8, 4) is 78.5 Å². The van der Waals surface area contributed by atoms with E-state index in [4.69, 9.17) is 85.3 Å². The number of likely N-dealkylation sites (tertiary alicyclic amines) is 2. The molecule has 30 nitrogen and oxygen atoms in total. The third-order valence-corrected chi connectivity index (χ3v) is 29.8. The molecule has 8 aliphatic rings. The van der Waals surface area contributed by atoms with Gasteiger partial charge in [-0.3, -0.25) is 43.2 Å². The van der Waals surface area contributed by atoms with Gasteiger partial charge in [0.25, 0.3) is 15.6 Å². The standard InChI is InChI=1S/C41H48ClN3O9S.C40H46ClN3O9S.C14H12N2O3S.Li.H2O/c1-8-23-17-41(23,38(49)51-6)18-31(46)30-14-25(19-45(30)37(48)27(40(2,3)4)15-34(47)54-24-12-21-11-22(21)13-24)53-33-16-28(29-20-55-39(44-29)52-7)43-36-26(33)9-10-32(50-5)35(36)42;1-7-22-16-40(22,37(48)49)17-30(45)29-13-24(18-44(29)36(47)26(39(2,3)4)14-33(46)53-23-11-20-10-21(20)12-23)52-32-15-27(28-19-54-38(43-28)51-6)42-35-25(32)8-9-31(50-5)34(35)41;1-18-8-3-4-9-10(5-8)15-11(6-13(9)17)12-7-20-14(16-12)19-2;;/h8-10,16,20-25,27,30H,1,11-15,17-19H2,2-7H3;7-9,15,19-24,26,29H,1,10-14,16-18H2,2-6H3,(H,48,49);3-7H,1-2H3,(H,15,17);;1H2/q;;;+1;/p-1/t21-,22+,23-,24?,25-,27?,30+,41-;20-,21+,22-,23?,24-,26?,29+,40-;;;/m11.../s1. The van der Waals surface area contributed by atoms with E-state index in [9.17, 15) is 48.3 Å². The number of hydrogen-bond acceptors (Lipinski definition) is 29. The Labute approximate surface area is 792 Å². The largest absolute Gasteiger partial charge is 1.00 e. The van der Waals surface area contributed by atoms with Crippen LogP contribution in [0, 0.1) is 69.0 Å². The van der Waals surface area contributed by atoms with Crippen LogP contribution in [0.5, 0.6) is 44.3 Å². The van der Waals surface area contributed by atoms with E-state index in [1.54, 1.807) is 97.3 Å². The fourth-order valence-corrected chi connectivity index (χ4v) is 21.4. The molecule has 2 saturated heterocycles. The monoisotopic (exact) mass is 1880 g/mol. The second-order valence-electron chi connectivity index (χ2n) is 36.9. The van der Waals surface area contributed by atoms with Crippen molar-refractivity contribution in [1.29, 1.82) is 0 Å². The number of fused-ring (bicyclic) bond motifs is 5. The van der Waals surface area contributed by atoms with Crippen molar-refractivity contribution in [2.75, 3.05) is 62.9 Å². The molecule has 8 heterocycles. The summed E-state index contributed by atoms with van der Waals surface area (Å²) in [6.07, 6.45) is 7.93. The summed E-state index contributed by atoms with van der Waals surface area (Å²) in [5, 5.41) is 19.4. The second kappa shape index (κ2) is 39.9. The van der Waals surface area contributed by atoms with E-state index in [2.05, 4.69) is 33.1 Å². The van der Waals surface area contributed by atoms with Crippen LogP contribution in [-0.2, 0) is 52.6 Å². The molecular formula is C95H107Cl2LiN8O22S3. The quantitative estimate of drug-likeness (QED) is 0.0176. The fraction of sp³-hybridized carbons (Fsp3) is 0.495. The Morgan fingerprint density at radius 1 is 0.519 bits per heavy atom. The number of halogens is 2. The van der Waals surface area contributed by atoms with Crippen LogP contribution in [0.25, 0.3) is 66.9 Å². The summed E-state index contributed by atoms with van der Waals surface area (Å²) in [5.41, 5.74) is 1.29. The Bertz CT molecular complexity index is 5930. The van der Waals surface area contributed by atoms with Gasteiger partial charge in [-0.15, -0.1) is 13.2 Å². The van der Waals surface area contributed by atoms with Gasteiger partial charge in [0.05, 0.1) is 144 Å². The number of carbonyl (C=O) groups is 8. The molecule has 4 unspecified atom stereocenters. The SMILES string of the molecule is C=C[C@@H]1C[C@]1(CC(=O)[C@@H]1C[C@@H](Oc2cc(-c3csc(OC)n3)nc3c(Cl)c(OC)ccc23)CN1C(=O)C(CC(=O)OC1C[C@@H]2C[C@@H]2C1)C(C)(C)C)C(=O)O.C=C[C@@H]1C[C@]1(CC(=O)[C@@H]1C[C@@H](Oc2cc(-c3csc(OC)n3)nc3c(Cl)c(OC)ccc23)CN1C(=O)C(CC(=O)OC1C[C@@H]2C[C@@H]2C1)C(C)(C)C)C(=O)OC.COc1ccc2c(=O)cc(-c3csc(OC)n3)[nH]c2c1.[Li+].[OH-]. The predicted molar refractivity (Wildman–Crippen MR) is 489 cm³/mol. The van der Waals surface area contributed by atoms with Gasteiger partial charge >= 0.3 is 42.7 Å². The molecule has 6 saturated carbocycles. The predicted octanol–water partition coefficient (Wildman–Crippen LogP) is 13.6. The molecule has 2 amide bonds. The molecule has 16 atom stereocenters. The number of pyridine rings is 3. The number of aromatic nitrogens is 6. The summed E-state index contributed by atoms with van der Waals surface area (Å²) in [4.78, 5) is 152. The molecule has 0 spiro atoms. The van der Waals surface area contributed by atoms with Gasteiger partial charge in [0.1, 0.15) is 80.3 Å². The number of benzene rings is 3. The maximum absolute atomic E-state index is 14.8. The number of carboxylic acid groups (broad SMARTS) is 1. The van der Waals surface area contributed by atoms with E-state index < -0.39 is 81.7 Å². The summed E-state index contributed by atoms with van der Waals surface area (Å²) in [6, 6.07) is 15.5. The first kappa shape index (κ1) is 98.3. The molecule has 8 fully saturated rings. The van der Waals surface area contributed by atoms with Crippen LogP contribution in [0.1, 0.15) is 131 Å². The number of thiazole rings is 3. The van der Waals surface area contributed by atoms with Gasteiger partial charge in [-0.25, -0.2) is 24.9 Å². The van der Waals surface area contributed by atoms with Crippen LogP contribution in [0.4, 0.5) is 0 Å². The summed E-state index contributed by atoms with van der Waals surface area (Å²) < 4.78 is 62.1. The van der Waals surface area contributed by atoms with Crippen LogP contribution >= 0.6 is 57.2 Å². The van der Waals surface area contributed by atoms with Gasteiger partial charge in [-0.2, -0.15) is 0 Å². The number of ether oxygens (including phenoxy) is 11. The van der Waals surface area contributed by atoms with Gasteiger partial charge in [0, 0.05) is 82.2 Å². The van der Waals surface area contributed by atoms with E-state index in [0.29, 0.717) is 142 Å². The van der Waals surface area contributed by atoms with Crippen LogP contribution < -0.4 is 62.2 Å². The van der Waals surface area contributed by atoms with E-state index in [0.717, 1.165) is 31.2 Å². The Balaban J connectivity index is 0.000000182. The van der Waals surface area contributed by atoms with Crippen molar-refractivity contribution < 1.29 is 120 Å². The Morgan fingerprint density at radius 3 is 1.31 bits per heavy atom. The first-order valence-corrected chi connectivity index (χ1v) is 46.5. The smallest absolute Gasteiger partial charge is 0.870 e. The number of aliphatic carboxylic acids is 1. The van der Waals surface area contributed by atoms with Crippen molar-refractivity contribution in [2.24, 2.45) is 69.0 Å². The summed E-state index contributed by atoms with van der Waals surface area (Å²) in [5.74, 6) is -0.965. The number of nitrogens with one attached hydrogen (secondary N) is 1. The average Bonchev–Trinajstić information content (AvgIpc) is 1.59. The van der Waals surface area contributed by atoms with E-state index in [1.165, 1.54) is 87.3 Å². The van der Waals surface area contributed by atoms with E-state index in [1.807, 2.05) is 52.3 Å². The minimum absolute atomic E-state index is 0. The van der Waals surface area contributed by atoms with Crippen LogP contribution in [0.2, 0.25) is 10.0 Å². The van der Waals surface area contributed by atoms with Gasteiger partial charge in [0.15, 0.2) is 17.0 Å². The number of rotatable bonds is 31. The third kappa shape index (κ3) is 20.9. The second-order valence-corrected chi connectivity index (χ2v) is 40.1. The molecule has 131 heavy (non-hydrogen) atoms. The maximum atomic E-state index is 14.8. The molecule has 9 aromatic rings.